The fraction of sp³-hybridized carbons (Fsp3) is 0.192. The molecule has 4 heterocycles. The number of anilines is 1. The molecule has 4 aromatic rings. The third-order valence-electron chi connectivity index (χ3n) is 5.90. The van der Waals surface area contributed by atoms with Crippen LogP contribution in [0.5, 0.6) is 0 Å². The molecule has 0 amide bonds. The quantitative estimate of drug-likeness (QED) is 0.472. The zero-order chi connectivity index (χ0) is 21.9. The molecule has 0 radical (unpaired) electrons. The van der Waals surface area contributed by atoms with Crippen molar-refractivity contribution < 1.29 is 4.39 Å². The van der Waals surface area contributed by atoms with Gasteiger partial charge in [-0.3, -0.25) is 9.97 Å². The predicted octanol–water partition coefficient (Wildman–Crippen LogP) is 4.76. The summed E-state index contributed by atoms with van der Waals surface area (Å²) < 4.78 is 14.9. The van der Waals surface area contributed by atoms with E-state index in [0.29, 0.717) is 11.3 Å². The van der Waals surface area contributed by atoms with E-state index < -0.39 is 0 Å². The topological polar surface area (TPSA) is 45.2 Å². The van der Waals surface area contributed by atoms with E-state index in [-0.39, 0.29) is 5.82 Å². The smallest absolute Gasteiger partial charge is 0.132 e. The molecule has 5 rings (SSSR count). The van der Waals surface area contributed by atoms with E-state index in [2.05, 4.69) is 32.9 Å². The van der Waals surface area contributed by atoms with E-state index in [0.717, 1.165) is 54.3 Å². The van der Waals surface area contributed by atoms with Crippen molar-refractivity contribution in [1.29, 1.82) is 0 Å². The maximum absolute atomic E-state index is 14.9. The van der Waals surface area contributed by atoms with Gasteiger partial charge >= 0.3 is 0 Å². The lowest BCUT2D eigenvalue weighted by atomic mass is 9.98. The highest BCUT2D eigenvalue weighted by Gasteiger charge is 2.19. The van der Waals surface area contributed by atoms with E-state index in [1.54, 1.807) is 24.5 Å². The summed E-state index contributed by atoms with van der Waals surface area (Å²) >= 11 is 0. The largest absolute Gasteiger partial charge is 0.354 e. The Morgan fingerprint density at radius 3 is 2.28 bits per heavy atom. The number of aromatic nitrogens is 3. The van der Waals surface area contributed by atoms with Gasteiger partial charge in [-0.2, -0.15) is 0 Å². The average Bonchev–Trinajstić information content (AvgIpc) is 2.85. The van der Waals surface area contributed by atoms with Crippen LogP contribution in [0, 0.1) is 5.82 Å². The Balaban J connectivity index is 1.62. The summed E-state index contributed by atoms with van der Waals surface area (Å²) in [5.74, 6) is 0.591. The first-order valence-corrected chi connectivity index (χ1v) is 10.7. The molecular formula is C26H24FN5. The molecule has 5 nitrogen and oxygen atoms in total. The molecule has 0 atom stereocenters. The molecule has 1 aliphatic heterocycles. The lowest BCUT2D eigenvalue weighted by Gasteiger charge is -2.33. The summed E-state index contributed by atoms with van der Waals surface area (Å²) in [6, 6.07) is 16.9. The lowest BCUT2D eigenvalue weighted by Crippen LogP contribution is -2.44. The Labute approximate surface area is 187 Å². The minimum absolute atomic E-state index is 0.282. The maximum atomic E-state index is 14.9. The van der Waals surface area contributed by atoms with Crippen LogP contribution in [0.1, 0.15) is 0 Å². The van der Waals surface area contributed by atoms with Gasteiger partial charge in [-0.1, -0.05) is 12.1 Å². The van der Waals surface area contributed by atoms with Gasteiger partial charge in [0, 0.05) is 73.2 Å². The van der Waals surface area contributed by atoms with E-state index >= 15 is 0 Å². The molecule has 1 saturated heterocycles. The summed E-state index contributed by atoms with van der Waals surface area (Å²) in [5, 5.41) is 0. The molecule has 3 aromatic heterocycles. The first kappa shape index (κ1) is 20.3. The van der Waals surface area contributed by atoms with Gasteiger partial charge in [0.05, 0.1) is 5.69 Å². The molecule has 0 spiro atoms. The van der Waals surface area contributed by atoms with Crippen molar-refractivity contribution >= 4 is 5.82 Å². The van der Waals surface area contributed by atoms with Crippen LogP contribution >= 0.6 is 0 Å². The number of likely N-dealkylation sites (N-methyl/N-ethyl adjacent to an activating group) is 1. The maximum Gasteiger partial charge on any atom is 0.132 e. The van der Waals surface area contributed by atoms with Crippen molar-refractivity contribution in [1.82, 2.24) is 19.9 Å². The minimum Gasteiger partial charge on any atom is -0.354 e. The van der Waals surface area contributed by atoms with Gasteiger partial charge < -0.3 is 9.80 Å². The van der Waals surface area contributed by atoms with E-state index in [4.69, 9.17) is 4.98 Å². The van der Waals surface area contributed by atoms with Crippen LogP contribution in [-0.2, 0) is 0 Å². The molecule has 0 saturated carbocycles. The Bertz CT molecular complexity index is 1220. The standard InChI is InChI=1S/C26H24FN5/c1-31-12-14-32(15-13-31)25-7-6-22(26(30-25)23-4-2-3-5-24(23)27)21-16-20(17-29-18-21)19-8-10-28-11-9-19/h2-11,16-18H,12-15H2,1H3. The second-order valence-corrected chi connectivity index (χ2v) is 8.03. The molecule has 1 aromatic carbocycles. The predicted molar refractivity (Wildman–Crippen MR) is 126 cm³/mol. The van der Waals surface area contributed by atoms with Crippen LogP contribution in [0.4, 0.5) is 10.2 Å². The first-order valence-electron chi connectivity index (χ1n) is 10.7. The third kappa shape index (κ3) is 4.09. The van der Waals surface area contributed by atoms with Gasteiger partial charge in [0.25, 0.3) is 0 Å². The van der Waals surface area contributed by atoms with E-state index in [9.17, 15) is 4.39 Å². The number of pyridine rings is 3. The van der Waals surface area contributed by atoms with Gasteiger partial charge in [0.2, 0.25) is 0 Å². The highest BCUT2D eigenvalue weighted by atomic mass is 19.1. The highest BCUT2D eigenvalue weighted by Crippen LogP contribution is 2.35. The number of halogens is 1. The Kier molecular flexibility index (Phi) is 5.60. The summed E-state index contributed by atoms with van der Waals surface area (Å²) in [5.41, 5.74) is 4.89. The molecule has 0 N–H and O–H groups in total. The van der Waals surface area contributed by atoms with Crippen LogP contribution in [0.2, 0.25) is 0 Å². The molecular weight excluding hydrogens is 401 g/mol. The van der Waals surface area contributed by atoms with Gasteiger partial charge in [-0.25, -0.2) is 9.37 Å². The Morgan fingerprint density at radius 1 is 0.750 bits per heavy atom. The van der Waals surface area contributed by atoms with Crippen molar-refractivity contribution in [3.05, 3.63) is 85.2 Å². The fourth-order valence-electron chi connectivity index (χ4n) is 4.04. The summed E-state index contributed by atoms with van der Waals surface area (Å²) in [6.07, 6.45) is 7.16. The summed E-state index contributed by atoms with van der Waals surface area (Å²) in [7, 11) is 2.13. The van der Waals surface area contributed by atoms with Crippen LogP contribution < -0.4 is 4.90 Å². The average molecular weight is 426 g/mol. The fourth-order valence-corrected chi connectivity index (χ4v) is 4.04. The zero-order valence-corrected chi connectivity index (χ0v) is 17.9. The Hall–Kier alpha value is -3.64. The van der Waals surface area contributed by atoms with Crippen molar-refractivity contribution in [2.24, 2.45) is 0 Å². The van der Waals surface area contributed by atoms with E-state index in [1.807, 2.05) is 42.7 Å². The van der Waals surface area contributed by atoms with Crippen molar-refractivity contribution in [2.45, 2.75) is 0 Å². The molecule has 1 fully saturated rings. The minimum atomic E-state index is -0.282. The van der Waals surface area contributed by atoms with Gasteiger partial charge in [0.15, 0.2) is 0 Å². The number of rotatable bonds is 4. The second kappa shape index (κ2) is 8.85. The van der Waals surface area contributed by atoms with Crippen molar-refractivity contribution in [3.63, 3.8) is 0 Å². The monoisotopic (exact) mass is 425 g/mol. The van der Waals surface area contributed by atoms with Crippen LogP contribution in [0.15, 0.2) is 79.4 Å². The molecule has 0 aliphatic carbocycles. The molecule has 0 bridgehead atoms. The number of piperazine rings is 1. The third-order valence-corrected chi connectivity index (χ3v) is 5.90. The van der Waals surface area contributed by atoms with Crippen LogP contribution in [0.3, 0.4) is 0 Å². The molecule has 1 aliphatic rings. The normalized spacial score (nSPS) is 14.5. The number of nitrogens with zero attached hydrogens (tertiary/aromatic N) is 5. The molecule has 6 heteroatoms. The number of hydrogen-bond acceptors (Lipinski definition) is 5. The summed E-state index contributed by atoms with van der Waals surface area (Å²) in [4.78, 5) is 18.1. The van der Waals surface area contributed by atoms with E-state index in [1.165, 1.54) is 6.07 Å². The SMILES string of the molecule is CN1CCN(c2ccc(-c3cncc(-c4ccncc4)c3)c(-c3ccccc3F)n2)CC1. The zero-order valence-electron chi connectivity index (χ0n) is 17.9. The number of hydrogen-bond donors (Lipinski definition) is 0. The summed E-state index contributed by atoms with van der Waals surface area (Å²) in [6.45, 7) is 3.77. The van der Waals surface area contributed by atoms with Gasteiger partial charge in [-0.15, -0.1) is 0 Å². The number of benzene rings is 1. The van der Waals surface area contributed by atoms with Gasteiger partial charge in [-0.05, 0) is 55.1 Å². The van der Waals surface area contributed by atoms with Crippen LogP contribution in [-0.4, -0.2) is 53.1 Å². The first-order chi connectivity index (χ1) is 15.7. The van der Waals surface area contributed by atoms with Crippen LogP contribution in [0.25, 0.3) is 33.5 Å². The van der Waals surface area contributed by atoms with Gasteiger partial charge in [0.1, 0.15) is 11.6 Å². The highest BCUT2D eigenvalue weighted by molar-refractivity contribution is 5.83. The lowest BCUT2D eigenvalue weighted by molar-refractivity contribution is 0.312. The second-order valence-electron chi connectivity index (χ2n) is 8.03. The van der Waals surface area contributed by atoms with Crippen molar-refractivity contribution in [2.75, 3.05) is 38.1 Å². The van der Waals surface area contributed by atoms with Crippen molar-refractivity contribution in [3.8, 4) is 33.5 Å². The molecule has 32 heavy (non-hydrogen) atoms. The Morgan fingerprint density at radius 2 is 1.50 bits per heavy atom. The molecule has 160 valence electrons. The molecule has 0 unspecified atom stereocenters.